The third-order valence-electron chi connectivity index (χ3n) is 9.98. The zero-order chi connectivity index (χ0) is 33.7. The number of benzene rings is 9. The highest BCUT2D eigenvalue weighted by molar-refractivity contribution is 6.17. The maximum Gasteiger partial charge on any atom is 0.136 e. The fourth-order valence-corrected chi connectivity index (χ4v) is 7.58. The molecule has 0 amide bonds. The van der Waals surface area contributed by atoms with E-state index >= 15 is 0 Å². The first-order chi connectivity index (χ1) is 25.3. The van der Waals surface area contributed by atoms with Crippen molar-refractivity contribution in [1.29, 1.82) is 0 Å². The summed E-state index contributed by atoms with van der Waals surface area (Å²) in [7, 11) is 0. The summed E-state index contributed by atoms with van der Waals surface area (Å²) in [6.45, 7) is 0. The lowest BCUT2D eigenvalue weighted by atomic mass is 9.99. The summed E-state index contributed by atoms with van der Waals surface area (Å²) in [5.41, 5.74) is 8.46. The minimum Gasteiger partial charge on any atom is -0.456 e. The second-order valence-electron chi connectivity index (χ2n) is 13.0. The minimum absolute atomic E-state index is 0.915. The molecule has 3 heteroatoms. The van der Waals surface area contributed by atoms with Crippen molar-refractivity contribution in [3.63, 3.8) is 0 Å². The molecular weight excluding hydrogens is 621 g/mol. The van der Waals surface area contributed by atoms with Crippen LogP contribution in [0.4, 0.5) is 34.1 Å². The van der Waals surface area contributed by atoms with Gasteiger partial charge in [0.1, 0.15) is 11.2 Å². The van der Waals surface area contributed by atoms with E-state index < -0.39 is 0 Å². The van der Waals surface area contributed by atoms with Crippen LogP contribution in [-0.2, 0) is 0 Å². The molecule has 10 rings (SSSR count). The van der Waals surface area contributed by atoms with E-state index in [0.29, 0.717) is 0 Å². The molecule has 0 spiro atoms. The number of furan rings is 1. The van der Waals surface area contributed by atoms with Crippen molar-refractivity contribution >= 4 is 88.4 Å². The Balaban J connectivity index is 1.12. The van der Waals surface area contributed by atoms with Gasteiger partial charge >= 0.3 is 0 Å². The van der Waals surface area contributed by atoms with Gasteiger partial charge in [-0.05, 0) is 112 Å². The van der Waals surface area contributed by atoms with Gasteiger partial charge in [0.15, 0.2) is 0 Å². The topological polar surface area (TPSA) is 19.6 Å². The molecule has 0 bridgehead atoms. The van der Waals surface area contributed by atoms with Gasteiger partial charge in [0.25, 0.3) is 0 Å². The van der Waals surface area contributed by atoms with Crippen LogP contribution in [0.3, 0.4) is 0 Å². The van der Waals surface area contributed by atoms with Crippen molar-refractivity contribution in [2.75, 3.05) is 9.80 Å². The average Bonchev–Trinajstić information content (AvgIpc) is 3.56. The van der Waals surface area contributed by atoms with E-state index in [2.05, 4.69) is 192 Å². The average molecular weight is 653 g/mol. The van der Waals surface area contributed by atoms with Crippen molar-refractivity contribution in [3.05, 3.63) is 194 Å². The molecule has 0 fully saturated rings. The molecule has 3 nitrogen and oxygen atoms in total. The Morgan fingerprint density at radius 2 is 0.804 bits per heavy atom. The molecule has 0 radical (unpaired) electrons. The molecule has 10 aromatic rings. The maximum absolute atomic E-state index is 6.24. The Bertz CT molecular complexity index is 2850. The molecule has 0 unspecified atom stereocenters. The van der Waals surface area contributed by atoms with Crippen LogP contribution in [0.15, 0.2) is 199 Å². The normalized spacial score (nSPS) is 11.5. The van der Waals surface area contributed by atoms with E-state index in [1.165, 1.54) is 26.9 Å². The van der Waals surface area contributed by atoms with Crippen molar-refractivity contribution in [1.82, 2.24) is 0 Å². The Morgan fingerprint density at radius 1 is 0.275 bits per heavy atom. The van der Waals surface area contributed by atoms with Crippen LogP contribution in [-0.4, -0.2) is 0 Å². The number of hydrogen-bond acceptors (Lipinski definition) is 3. The highest BCUT2D eigenvalue weighted by Crippen LogP contribution is 2.43. The lowest BCUT2D eigenvalue weighted by Gasteiger charge is -2.29. The van der Waals surface area contributed by atoms with Gasteiger partial charge in [-0.25, -0.2) is 0 Å². The first-order valence-corrected chi connectivity index (χ1v) is 17.3. The molecule has 9 aromatic carbocycles. The molecule has 240 valence electrons. The fraction of sp³-hybridized carbons (Fsp3) is 0. The molecule has 0 atom stereocenters. The second kappa shape index (κ2) is 11.9. The molecular formula is C48H32N2O. The fourth-order valence-electron chi connectivity index (χ4n) is 7.58. The summed E-state index contributed by atoms with van der Waals surface area (Å²) in [5, 5.41) is 9.50. The third kappa shape index (κ3) is 4.98. The molecule has 0 N–H and O–H groups in total. The lowest BCUT2D eigenvalue weighted by molar-refractivity contribution is 0.669. The predicted octanol–water partition coefficient (Wildman–Crippen LogP) is 14.0. The molecule has 51 heavy (non-hydrogen) atoms. The number of nitrogens with zero attached hydrogens (tertiary/aromatic N) is 2. The summed E-state index contributed by atoms with van der Waals surface area (Å²) < 4.78 is 6.24. The van der Waals surface area contributed by atoms with Crippen molar-refractivity contribution in [2.45, 2.75) is 0 Å². The highest BCUT2D eigenvalue weighted by atomic mass is 16.3. The Kier molecular flexibility index (Phi) is 6.81. The van der Waals surface area contributed by atoms with Crippen molar-refractivity contribution in [2.24, 2.45) is 0 Å². The van der Waals surface area contributed by atoms with Gasteiger partial charge in [-0.1, -0.05) is 109 Å². The van der Waals surface area contributed by atoms with E-state index in [4.69, 9.17) is 4.42 Å². The van der Waals surface area contributed by atoms with Gasteiger partial charge in [-0.15, -0.1) is 0 Å². The van der Waals surface area contributed by atoms with Gasteiger partial charge in [0.2, 0.25) is 0 Å². The number of para-hydroxylation sites is 3. The van der Waals surface area contributed by atoms with Crippen LogP contribution in [0.1, 0.15) is 0 Å². The first kappa shape index (κ1) is 29.1. The van der Waals surface area contributed by atoms with Gasteiger partial charge < -0.3 is 14.2 Å². The summed E-state index contributed by atoms with van der Waals surface area (Å²) in [5.74, 6) is 0. The minimum atomic E-state index is 0.915. The standard InChI is InChI=1S/C48H32N2O/c1-3-14-36(15-4-1)49(40-25-24-34-22-23-35-30-48-45(32-44(35)43(34)31-40)42-19-9-10-21-47(42)51-48)38-26-28-39(29-27-38)50(37-16-5-2-6-17-37)46-20-11-13-33-12-7-8-18-41(33)46/h1-32H. The zero-order valence-electron chi connectivity index (χ0n) is 27.8. The van der Waals surface area contributed by atoms with Gasteiger partial charge in [0.05, 0.1) is 5.69 Å². The van der Waals surface area contributed by atoms with E-state index in [-0.39, 0.29) is 0 Å². The molecule has 1 aromatic heterocycles. The smallest absolute Gasteiger partial charge is 0.136 e. The summed E-state index contributed by atoms with van der Waals surface area (Å²) in [6.07, 6.45) is 0. The number of rotatable bonds is 6. The van der Waals surface area contributed by atoms with Gasteiger partial charge in [-0.3, -0.25) is 0 Å². The van der Waals surface area contributed by atoms with E-state index in [1.54, 1.807) is 0 Å². The van der Waals surface area contributed by atoms with Crippen molar-refractivity contribution in [3.8, 4) is 0 Å². The molecule has 0 saturated heterocycles. The zero-order valence-corrected chi connectivity index (χ0v) is 27.8. The first-order valence-electron chi connectivity index (χ1n) is 17.3. The number of fused-ring (bicyclic) bond motifs is 7. The van der Waals surface area contributed by atoms with E-state index in [1.807, 2.05) is 12.1 Å². The Morgan fingerprint density at radius 3 is 1.59 bits per heavy atom. The molecule has 0 aliphatic heterocycles. The van der Waals surface area contributed by atoms with Crippen LogP contribution in [0.25, 0.3) is 54.3 Å². The number of hydrogen-bond donors (Lipinski definition) is 0. The highest BCUT2D eigenvalue weighted by Gasteiger charge is 2.18. The predicted molar refractivity (Wildman–Crippen MR) is 216 cm³/mol. The monoisotopic (exact) mass is 652 g/mol. The maximum atomic E-state index is 6.24. The quantitative estimate of drug-likeness (QED) is 0.167. The molecule has 1 heterocycles. The van der Waals surface area contributed by atoms with Gasteiger partial charge in [-0.2, -0.15) is 0 Å². The Hall–Kier alpha value is -6.84. The SMILES string of the molecule is c1ccc(N(c2ccc(N(c3ccccc3)c3cccc4ccccc34)cc2)c2ccc3ccc4cc5oc6ccccc6c5cc4c3c2)cc1. The van der Waals surface area contributed by atoms with Crippen LogP contribution in [0.5, 0.6) is 0 Å². The lowest BCUT2D eigenvalue weighted by Crippen LogP contribution is -2.12. The van der Waals surface area contributed by atoms with E-state index in [0.717, 1.165) is 61.4 Å². The summed E-state index contributed by atoms with van der Waals surface area (Å²) in [4.78, 5) is 4.69. The Labute approximate surface area is 295 Å². The largest absolute Gasteiger partial charge is 0.456 e. The van der Waals surface area contributed by atoms with Gasteiger partial charge in [0, 0.05) is 44.6 Å². The third-order valence-corrected chi connectivity index (χ3v) is 9.98. The number of anilines is 6. The van der Waals surface area contributed by atoms with E-state index in [9.17, 15) is 0 Å². The van der Waals surface area contributed by atoms with Crippen LogP contribution in [0.2, 0.25) is 0 Å². The van der Waals surface area contributed by atoms with Crippen LogP contribution < -0.4 is 9.80 Å². The van der Waals surface area contributed by atoms with Crippen molar-refractivity contribution < 1.29 is 4.42 Å². The molecule has 0 aliphatic carbocycles. The van der Waals surface area contributed by atoms with Crippen LogP contribution in [0, 0.1) is 0 Å². The van der Waals surface area contributed by atoms with Crippen LogP contribution >= 0.6 is 0 Å². The molecule has 0 saturated carbocycles. The summed E-state index contributed by atoms with van der Waals surface area (Å²) in [6, 6.07) is 69.3. The second-order valence-corrected chi connectivity index (χ2v) is 13.0. The molecule has 0 aliphatic rings. The summed E-state index contributed by atoms with van der Waals surface area (Å²) >= 11 is 0.